The Morgan fingerprint density at radius 2 is 2.11 bits per heavy atom. The predicted molar refractivity (Wildman–Crippen MR) is 76.6 cm³/mol. The zero-order valence-electron chi connectivity index (χ0n) is 12.2. The van der Waals surface area contributed by atoms with Crippen molar-refractivity contribution in [3.63, 3.8) is 0 Å². The number of carbonyl (C=O) groups excluding carboxylic acids is 1. The molecule has 0 aliphatic carbocycles. The van der Waals surface area contributed by atoms with Crippen molar-refractivity contribution in [2.45, 2.75) is 26.7 Å². The summed E-state index contributed by atoms with van der Waals surface area (Å²) >= 11 is 0. The van der Waals surface area contributed by atoms with Crippen LogP contribution in [-0.2, 0) is 9.53 Å². The maximum absolute atomic E-state index is 11.5. The summed E-state index contributed by atoms with van der Waals surface area (Å²) in [6, 6.07) is 0. The summed E-state index contributed by atoms with van der Waals surface area (Å²) in [5.74, 6) is 6.30. The summed E-state index contributed by atoms with van der Waals surface area (Å²) in [7, 11) is 1.65. The highest BCUT2D eigenvalue weighted by Crippen LogP contribution is 1.88. The number of rotatable bonds is 9. The maximum atomic E-state index is 11.5. The van der Waals surface area contributed by atoms with Crippen LogP contribution in [0.1, 0.15) is 26.7 Å². The lowest BCUT2D eigenvalue weighted by Crippen LogP contribution is -2.43. The molecule has 0 aromatic rings. The summed E-state index contributed by atoms with van der Waals surface area (Å²) in [4.78, 5) is 15.7. The first-order valence-corrected chi connectivity index (χ1v) is 6.60. The number of nitrogens with two attached hydrogens (primary N) is 1. The average Bonchev–Trinajstić information content (AvgIpc) is 2.39. The molecular formula is C12H27N5O2. The summed E-state index contributed by atoms with van der Waals surface area (Å²) in [6.45, 7) is 6.60. The number of hydrogen-bond acceptors (Lipinski definition) is 4. The second-order valence-corrected chi connectivity index (χ2v) is 4.60. The summed E-state index contributed by atoms with van der Waals surface area (Å²) < 4.78 is 4.92. The largest absolute Gasteiger partial charge is 0.385 e. The standard InChI is InChI=1S/C12H27N5O2/c1-10(2)9-16-11(18)5-7-15-12(17-13)14-6-4-8-19-3/h10H,4-9,13H2,1-3H3,(H,16,18)(H2,14,15,17). The molecule has 0 heterocycles. The molecule has 0 unspecified atom stereocenters. The Bertz CT molecular complexity index is 269. The van der Waals surface area contributed by atoms with Gasteiger partial charge in [0.2, 0.25) is 11.9 Å². The Morgan fingerprint density at radius 1 is 1.37 bits per heavy atom. The minimum absolute atomic E-state index is 0.0250. The fourth-order valence-corrected chi connectivity index (χ4v) is 1.25. The molecule has 0 bridgehead atoms. The molecule has 0 rings (SSSR count). The van der Waals surface area contributed by atoms with Gasteiger partial charge in [-0.25, -0.2) is 5.84 Å². The smallest absolute Gasteiger partial charge is 0.221 e. The van der Waals surface area contributed by atoms with Gasteiger partial charge in [-0.1, -0.05) is 13.8 Å². The molecule has 0 saturated heterocycles. The van der Waals surface area contributed by atoms with Gasteiger partial charge < -0.3 is 15.4 Å². The van der Waals surface area contributed by atoms with Gasteiger partial charge in [0, 0.05) is 39.8 Å². The van der Waals surface area contributed by atoms with Crippen LogP contribution in [0.2, 0.25) is 0 Å². The van der Waals surface area contributed by atoms with E-state index in [1.165, 1.54) is 0 Å². The molecule has 7 nitrogen and oxygen atoms in total. The van der Waals surface area contributed by atoms with E-state index >= 15 is 0 Å². The number of hydrogen-bond donors (Lipinski definition) is 4. The molecule has 0 aromatic heterocycles. The first kappa shape index (κ1) is 17.7. The van der Waals surface area contributed by atoms with Crippen LogP contribution in [0.4, 0.5) is 0 Å². The lowest BCUT2D eigenvalue weighted by atomic mass is 10.2. The number of methoxy groups -OCH3 is 1. The van der Waals surface area contributed by atoms with Crippen LogP contribution in [0.15, 0.2) is 4.99 Å². The van der Waals surface area contributed by atoms with E-state index in [1.807, 2.05) is 0 Å². The van der Waals surface area contributed by atoms with Gasteiger partial charge in [-0.05, 0) is 12.3 Å². The normalized spacial score (nSPS) is 11.5. The Labute approximate surface area is 115 Å². The molecule has 0 fully saturated rings. The second-order valence-electron chi connectivity index (χ2n) is 4.60. The van der Waals surface area contributed by atoms with Gasteiger partial charge in [0.15, 0.2) is 0 Å². The topological polar surface area (TPSA) is 101 Å². The van der Waals surface area contributed by atoms with Crippen LogP contribution in [0.5, 0.6) is 0 Å². The highest BCUT2D eigenvalue weighted by Gasteiger charge is 2.02. The van der Waals surface area contributed by atoms with Crippen molar-refractivity contribution >= 4 is 11.9 Å². The number of nitrogens with zero attached hydrogens (tertiary/aromatic N) is 1. The predicted octanol–water partition coefficient (Wildman–Crippen LogP) is -0.406. The van der Waals surface area contributed by atoms with Gasteiger partial charge in [-0.3, -0.25) is 15.2 Å². The molecule has 0 aliphatic heterocycles. The SMILES string of the molecule is COCCCN=C(NN)NCCC(=O)NCC(C)C. The maximum Gasteiger partial charge on any atom is 0.221 e. The molecule has 7 heteroatoms. The number of ether oxygens (including phenoxy) is 1. The van der Waals surface area contributed by atoms with Crippen molar-refractivity contribution in [3.8, 4) is 0 Å². The molecule has 0 aromatic carbocycles. The van der Waals surface area contributed by atoms with Gasteiger partial charge in [0.05, 0.1) is 0 Å². The van der Waals surface area contributed by atoms with Crippen LogP contribution in [0.3, 0.4) is 0 Å². The zero-order valence-corrected chi connectivity index (χ0v) is 12.2. The van der Waals surface area contributed by atoms with Crippen molar-refractivity contribution in [1.29, 1.82) is 0 Å². The van der Waals surface area contributed by atoms with Crippen molar-refractivity contribution in [2.75, 3.05) is 33.4 Å². The Hall–Kier alpha value is -1.34. The van der Waals surface area contributed by atoms with Crippen molar-refractivity contribution in [3.05, 3.63) is 0 Å². The van der Waals surface area contributed by atoms with E-state index in [-0.39, 0.29) is 5.91 Å². The minimum atomic E-state index is 0.0250. The highest BCUT2D eigenvalue weighted by atomic mass is 16.5. The Morgan fingerprint density at radius 3 is 2.68 bits per heavy atom. The number of guanidine groups is 1. The van der Waals surface area contributed by atoms with E-state index < -0.39 is 0 Å². The van der Waals surface area contributed by atoms with Crippen LogP contribution >= 0.6 is 0 Å². The number of nitrogens with one attached hydrogen (secondary N) is 3. The third-order valence-electron chi connectivity index (χ3n) is 2.27. The number of carbonyl (C=O) groups is 1. The third-order valence-corrected chi connectivity index (χ3v) is 2.27. The van der Waals surface area contributed by atoms with Crippen molar-refractivity contribution < 1.29 is 9.53 Å². The fourth-order valence-electron chi connectivity index (χ4n) is 1.25. The molecular weight excluding hydrogens is 246 g/mol. The molecule has 5 N–H and O–H groups in total. The summed E-state index contributed by atoms with van der Waals surface area (Å²) in [5.41, 5.74) is 2.47. The first-order valence-electron chi connectivity index (χ1n) is 6.60. The van der Waals surface area contributed by atoms with E-state index in [1.54, 1.807) is 7.11 Å². The number of amides is 1. The van der Waals surface area contributed by atoms with E-state index in [2.05, 4.69) is 34.9 Å². The van der Waals surface area contributed by atoms with Crippen LogP contribution in [0.25, 0.3) is 0 Å². The Balaban J connectivity index is 3.73. The molecule has 112 valence electrons. The van der Waals surface area contributed by atoms with Gasteiger partial charge in [-0.15, -0.1) is 0 Å². The van der Waals surface area contributed by atoms with Gasteiger partial charge in [0.25, 0.3) is 0 Å². The van der Waals surface area contributed by atoms with Gasteiger partial charge >= 0.3 is 0 Å². The van der Waals surface area contributed by atoms with E-state index in [0.717, 1.165) is 6.42 Å². The van der Waals surface area contributed by atoms with Gasteiger partial charge in [0.1, 0.15) is 0 Å². The molecule has 19 heavy (non-hydrogen) atoms. The lowest BCUT2D eigenvalue weighted by Gasteiger charge is -2.10. The van der Waals surface area contributed by atoms with Crippen LogP contribution < -0.4 is 21.9 Å². The first-order chi connectivity index (χ1) is 9.10. The van der Waals surface area contributed by atoms with Crippen molar-refractivity contribution in [2.24, 2.45) is 16.8 Å². The van der Waals surface area contributed by atoms with Crippen LogP contribution in [0, 0.1) is 5.92 Å². The Kier molecular flexibility index (Phi) is 10.9. The van der Waals surface area contributed by atoms with Crippen LogP contribution in [-0.4, -0.2) is 45.2 Å². The van der Waals surface area contributed by atoms with Crippen molar-refractivity contribution in [1.82, 2.24) is 16.1 Å². The molecule has 0 aliphatic rings. The molecule has 0 spiro atoms. The monoisotopic (exact) mass is 273 g/mol. The minimum Gasteiger partial charge on any atom is -0.385 e. The van der Waals surface area contributed by atoms with E-state index in [4.69, 9.17) is 10.6 Å². The quantitative estimate of drug-likeness (QED) is 0.150. The second kappa shape index (κ2) is 11.7. The number of aliphatic imine (C=N–C) groups is 1. The van der Waals surface area contributed by atoms with E-state index in [0.29, 0.717) is 44.5 Å². The van der Waals surface area contributed by atoms with Gasteiger partial charge in [-0.2, -0.15) is 0 Å². The molecule has 0 atom stereocenters. The molecule has 0 saturated carbocycles. The summed E-state index contributed by atoms with van der Waals surface area (Å²) in [5, 5.41) is 5.82. The average molecular weight is 273 g/mol. The highest BCUT2D eigenvalue weighted by molar-refractivity contribution is 5.80. The summed E-state index contributed by atoms with van der Waals surface area (Å²) in [6.07, 6.45) is 1.23. The third kappa shape index (κ3) is 11.5. The lowest BCUT2D eigenvalue weighted by molar-refractivity contribution is -0.121. The number of hydrazine groups is 1. The molecule has 0 radical (unpaired) electrons. The molecule has 1 amide bonds. The fraction of sp³-hybridized carbons (Fsp3) is 0.833. The zero-order chi connectivity index (χ0) is 14.5. The van der Waals surface area contributed by atoms with E-state index in [9.17, 15) is 4.79 Å².